The van der Waals surface area contributed by atoms with Crippen LogP contribution >= 0.6 is 11.6 Å². The van der Waals surface area contributed by atoms with Gasteiger partial charge in [-0.3, -0.25) is 9.59 Å². The Hall–Kier alpha value is -2.61. The van der Waals surface area contributed by atoms with Crippen molar-refractivity contribution in [2.45, 2.75) is 77.7 Å². The largest absolute Gasteiger partial charge is 0.466 e. The van der Waals surface area contributed by atoms with Crippen molar-refractivity contribution in [2.24, 2.45) is 0 Å². The topological polar surface area (TPSA) is 105 Å². The van der Waals surface area contributed by atoms with Crippen molar-refractivity contribution in [1.82, 2.24) is 0 Å². The standard InChI is InChI=1S/C25H35ClO8/c1-4-7-14-31-21(27)17-25(24(30)33-16-9-6-3,18-22(28)32-15-8-5-2)34-23(29)19-10-12-20(26)13-11-19/h10-13H,4-9,14-18H2,1-3H3. The third-order valence-corrected chi connectivity index (χ3v) is 5.10. The van der Waals surface area contributed by atoms with E-state index in [1.807, 2.05) is 20.8 Å². The average molecular weight is 499 g/mol. The maximum absolute atomic E-state index is 13.2. The molecular formula is C25H35ClO8. The highest BCUT2D eigenvalue weighted by Crippen LogP contribution is 2.27. The van der Waals surface area contributed by atoms with E-state index >= 15 is 0 Å². The molecular weight excluding hydrogens is 464 g/mol. The van der Waals surface area contributed by atoms with Crippen molar-refractivity contribution in [3.05, 3.63) is 34.9 Å². The fraction of sp³-hybridized carbons (Fsp3) is 0.600. The van der Waals surface area contributed by atoms with E-state index in [1.165, 1.54) is 24.3 Å². The fourth-order valence-corrected chi connectivity index (χ4v) is 2.94. The summed E-state index contributed by atoms with van der Waals surface area (Å²) in [7, 11) is 0. The number of carbonyl (C=O) groups excluding carboxylic acids is 4. The Bertz CT molecular complexity index is 767. The highest BCUT2D eigenvalue weighted by Gasteiger charge is 2.49. The van der Waals surface area contributed by atoms with Crippen molar-refractivity contribution in [1.29, 1.82) is 0 Å². The van der Waals surface area contributed by atoms with Gasteiger partial charge in [0.2, 0.25) is 5.60 Å². The SMILES string of the molecule is CCCCOC(=O)CC(CC(=O)OCCCC)(OC(=O)c1ccc(Cl)cc1)C(=O)OCCCC. The maximum atomic E-state index is 13.2. The van der Waals surface area contributed by atoms with Crippen LogP contribution in [-0.2, 0) is 33.3 Å². The molecule has 190 valence electrons. The third-order valence-electron chi connectivity index (χ3n) is 4.85. The number of hydrogen-bond donors (Lipinski definition) is 0. The van der Waals surface area contributed by atoms with Crippen molar-refractivity contribution < 1.29 is 38.1 Å². The molecule has 1 aromatic carbocycles. The van der Waals surface area contributed by atoms with Crippen LogP contribution < -0.4 is 0 Å². The third kappa shape index (κ3) is 10.5. The quantitative estimate of drug-likeness (QED) is 0.177. The summed E-state index contributed by atoms with van der Waals surface area (Å²) in [6.07, 6.45) is 2.82. The van der Waals surface area contributed by atoms with E-state index in [4.69, 9.17) is 30.5 Å². The molecule has 0 spiro atoms. The van der Waals surface area contributed by atoms with Gasteiger partial charge >= 0.3 is 23.9 Å². The summed E-state index contributed by atoms with van der Waals surface area (Å²) >= 11 is 5.88. The van der Waals surface area contributed by atoms with Crippen LogP contribution in [0.1, 0.15) is 82.5 Å². The van der Waals surface area contributed by atoms with E-state index in [0.717, 1.165) is 19.3 Å². The number of esters is 4. The summed E-state index contributed by atoms with van der Waals surface area (Å²) in [6.45, 7) is 6.11. The first-order valence-electron chi connectivity index (χ1n) is 11.7. The highest BCUT2D eigenvalue weighted by molar-refractivity contribution is 6.30. The van der Waals surface area contributed by atoms with Crippen molar-refractivity contribution >= 4 is 35.5 Å². The number of halogens is 1. The first kappa shape index (κ1) is 29.4. The van der Waals surface area contributed by atoms with Crippen molar-refractivity contribution in [3.63, 3.8) is 0 Å². The first-order chi connectivity index (χ1) is 16.3. The lowest BCUT2D eigenvalue weighted by Gasteiger charge is -2.30. The molecule has 34 heavy (non-hydrogen) atoms. The van der Waals surface area contributed by atoms with E-state index < -0.39 is 42.3 Å². The molecule has 0 amide bonds. The molecule has 1 aromatic rings. The molecule has 9 heteroatoms. The van der Waals surface area contributed by atoms with Crippen molar-refractivity contribution in [3.8, 4) is 0 Å². The molecule has 0 aromatic heterocycles. The fourth-order valence-electron chi connectivity index (χ4n) is 2.81. The maximum Gasteiger partial charge on any atom is 0.351 e. The number of carbonyl (C=O) groups is 4. The molecule has 8 nitrogen and oxygen atoms in total. The van der Waals surface area contributed by atoms with Gasteiger partial charge in [-0.25, -0.2) is 9.59 Å². The second-order valence-corrected chi connectivity index (χ2v) is 8.32. The Kier molecular flexibility index (Phi) is 13.9. The van der Waals surface area contributed by atoms with Gasteiger partial charge in [-0.05, 0) is 43.5 Å². The minimum Gasteiger partial charge on any atom is -0.466 e. The molecule has 0 aliphatic rings. The van der Waals surface area contributed by atoms with E-state index in [2.05, 4.69) is 0 Å². The Morgan fingerprint density at radius 1 is 0.735 bits per heavy atom. The van der Waals surface area contributed by atoms with Gasteiger partial charge in [0, 0.05) is 5.02 Å². The molecule has 0 saturated heterocycles. The molecule has 0 aliphatic carbocycles. The van der Waals surface area contributed by atoms with Gasteiger partial charge in [0.15, 0.2) is 0 Å². The van der Waals surface area contributed by atoms with Crippen molar-refractivity contribution in [2.75, 3.05) is 19.8 Å². The van der Waals surface area contributed by atoms with Crippen LogP contribution in [0.15, 0.2) is 24.3 Å². The number of rotatable bonds is 16. The highest BCUT2D eigenvalue weighted by atomic mass is 35.5. The Balaban J connectivity index is 3.24. The smallest absolute Gasteiger partial charge is 0.351 e. The molecule has 0 unspecified atom stereocenters. The predicted molar refractivity (Wildman–Crippen MR) is 126 cm³/mol. The first-order valence-corrected chi connectivity index (χ1v) is 12.1. The van der Waals surface area contributed by atoms with Crippen LogP contribution in [-0.4, -0.2) is 49.3 Å². The Morgan fingerprint density at radius 2 is 1.18 bits per heavy atom. The Labute approximate surface area is 206 Å². The van der Waals surface area contributed by atoms with E-state index in [0.29, 0.717) is 24.3 Å². The zero-order chi connectivity index (χ0) is 25.4. The van der Waals surface area contributed by atoms with E-state index in [1.54, 1.807) is 0 Å². The average Bonchev–Trinajstić information content (AvgIpc) is 2.79. The summed E-state index contributed by atoms with van der Waals surface area (Å²) < 4.78 is 21.2. The second kappa shape index (κ2) is 16.1. The van der Waals surface area contributed by atoms with Crippen LogP contribution in [0.2, 0.25) is 5.02 Å². The second-order valence-electron chi connectivity index (χ2n) is 7.88. The van der Waals surface area contributed by atoms with Crippen LogP contribution in [0.4, 0.5) is 0 Å². The number of benzene rings is 1. The molecule has 0 saturated carbocycles. The minimum atomic E-state index is -2.23. The normalized spacial score (nSPS) is 10.9. The summed E-state index contributed by atoms with van der Waals surface area (Å²) in [5.41, 5.74) is -2.13. The van der Waals surface area contributed by atoms with Gasteiger partial charge in [-0.2, -0.15) is 0 Å². The van der Waals surface area contributed by atoms with Crippen LogP contribution in [0, 0.1) is 0 Å². The van der Waals surface area contributed by atoms with Crippen LogP contribution in [0.3, 0.4) is 0 Å². The molecule has 0 heterocycles. The number of ether oxygens (including phenoxy) is 4. The number of hydrogen-bond acceptors (Lipinski definition) is 8. The van der Waals surface area contributed by atoms with Gasteiger partial charge in [0.1, 0.15) is 0 Å². The van der Waals surface area contributed by atoms with Crippen LogP contribution in [0.5, 0.6) is 0 Å². The summed E-state index contributed by atoms with van der Waals surface area (Å²) in [5, 5.41) is 0.404. The zero-order valence-corrected chi connectivity index (χ0v) is 21.0. The molecule has 0 fully saturated rings. The monoisotopic (exact) mass is 498 g/mol. The van der Waals surface area contributed by atoms with Gasteiger partial charge in [-0.15, -0.1) is 0 Å². The van der Waals surface area contributed by atoms with E-state index in [-0.39, 0.29) is 25.4 Å². The zero-order valence-electron chi connectivity index (χ0n) is 20.2. The summed E-state index contributed by atoms with van der Waals surface area (Å²) in [4.78, 5) is 51.2. The molecule has 0 radical (unpaired) electrons. The lowest BCUT2D eigenvalue weighted by atomic mass is 9.94. The minimum absolute atomic E-state index is 0.0470. The lowest BCUT2D eigenvalue weighted by Crippen LogP contribution is -2.48. The molecule has 1 rings (SSSR count). The molecule has 0 aliphatic heterocycles. The summed E-state index contributed by atoms with van der Waals surface area (Å²) in [5.74, 6) is -3.48. The van der Waals surface area contributed by atoms with Gasteiger partial charge < -0.3 is 18.9 Å². The lowest BCUT2D eigenvalue weighted by molar-refractivity contribution is -0.178. The van der Waals surface area contributed by atoms with Gasteiger partial charge in [0.25, 0.3) is 0 Å². The number of unbranched alkanes of at least 4 members (excludes halogenated alkanes) is 3. The van der Waals surface area contributed by atoms with Gasteiger partial charge in [0.05, 0.1) is 38.2 Å². The molecule has 0 N–H and O–H groups in total. The summed E-state index contributed by atoms with van der Waals surface area (Å²) in [6, 6.07) is 5.79. The Morgan fingerprint density at radius 3 is 1.62 bits per heavy atom. The molecule has 0 bridgehead atoms. The van der Waals surface area contributed by atoms with E-state index in [9.17, 15) is 19.2 Å². The van der Waals surface area contributed by atoms with Crippen LogP contribution in [0.25, 0.3) is 0 Å². The molecule has 0 atom stereocenters. The van der Waals surface area contributed by atoms with Gasteiger partial charge in [-0.1, -0.05) is 51.6 Å². The predicted octanol–water partition coefficient (Wildman–Crippen LogP) is 5.05.